The van der Waals surface area contributed by atoms with Crippen molar-refractivity contribution < 1.29 is 14.3 Å². The average molecular weight is 311 g/mol. The van der Waals surface area contributed by atoms with E-state index in [0.29, 0.717) is 22.3 Å². The molecule has 7 heteroatoms. The van der Waals surface area contributed by atoms with Gasteiger partial charge in [0.05, 0.1) is 23.2 Å². The first-order valence-corrected chi connectivity index (χ1v) is 7.29. The quantitative estimate of drug-likeness (QED) is 0.718. The summed E-state index contributed by atoms with van der Waals surface area (Å²) in [5.41, 5.74) is 1.18. The summed E-state index contributed by atoms with van der Waals surface area (Å²) in [6.07, 6.45) is 1.76. The van der Waals surface area contributed by atoms with Crippen molar-refractivity contribution in [2.45, 2.75) is 19.8 Å². The maximum atomic E-state index is 13.7. The number of amides is 1. The SMILES string of the molecule is CCCCN(CCO)C(=O)c1cc(F)cc2[nH]c(=S)[nH]c12. The second kappa shape index (κ2) is 6.82. The molecule has 114 valence electrons. The molecule has 2 rings (SSSR count). The molecular weight excluding hydrogens is 293 g/mol. The minimum atomic E-state index is -0.504. The molecule has 0 saturated carbocycles. The minimum absolute atomic E-state index is 0.128. The zero-order valence-electron chi connectivity index (χ0n) is 11.8. The van der Waals surface area contributed by atoms with E-state index in [0.717, 1.165) is 12.8 Å². The molecule has 0 bridgehead atoms. The number of benzene rings is 1. The number of H-pyrrole nitrogens is 2. The molecule has 0 aliphatic heterocycles. The molecule has 0 radical (unpaired) electrons. The van der Waals surface area contributed by atoms with Gasteiger partial charge in [-0.3, -0.25) is 4.79 Å². The Morgan fingerprint density at radius 3 is 2.81 bits per heavy atom. The topological polar surface area (TPSA) is 72.1 Å². The highest BCUT2D eigenvalue weighted by Gasteiger charge is 2.19. The number of fused-ring (bicyclic) bond motifs is 1. The first kappa shape index (κ1) is 15.7. The number of halogens is 1. The Bertz CT molecular complexity index is 695. The van der Waals surface area contributed by atoms with Gasteiger partial charge in [0.15, 0.2) is 4.77 Å². The minimum Gasteiger partial charge on any atom is -0.395 e. The number of nitrogens with zero attached hydrogens (tertiary/aromatic N) is 1. The smallest absolute Gasteiger partial charge is 0.256 e. The number of carbonyl (C=O) groups excluding carboxylic acids is 1. The highest BCUT2D eigenvalue weighted by Crippen LogP contribution is 2.19. The highest BCUT2D eigenvalue weighted by atomic mass is 32.1. The first-order valence-electron chi connectivity index (χ1n) is 6.88. The van der Waals surface area contributed by atoms with Crippen molar-refractivity contribution in [1.82, 2.24) is 14.9 Å². The van der Waals surface area contributed by atoms with Gasteiger partial charge in [-0.25, -0.2) is 4.39 Å². The lowest BCUT2D eigenvalue weighted by Crippen LogP contribution is -2.34. The van der Waals surface area contributed by atoms with Crippen molar-refractivity contribution in [3.8, 4) is 0 Å². The van der Waals surface area contributed by atoms with Crippen molar-refractivity contribution >= 4 is 29.2 Å². The van der Waals surface area contributed by atoms with Crippen LogP contribution in [0, 0.1) is 10.6 Å². The third-order valence-corrected chi connectivity index (χ3v) is 3.46. The monoisotopic (exact) mass is 311 g/mol. The number of imidazole rings is 1. The molecule has 1 heterocycles. The fraction of sp³-hybridized carbons (Fsp3) is 0.429. The van der Waals surface area contributed by atoms with Crippen LogP contribution in [-0.4, -0.2) is 45.6 Å². The lowest BCUT2D eigenvalue weighted by molar-refractivity contribution is 0.0720. The summed E-state index contributed by atoms with van der Waals surface area (Å²) in [6.45, 7) is 2.64. The van der Waals surface area contributed by atoms with E-state index < -0.39 is 5.82 Å². The van der Waals surface area contributed by atoms with Crippen molar-refractivity contribution in [2.24, 2.45) is 0 Å². The van der Waals surface area contributed by atoms with E-state index in [2.05, 4.69) is 9.97 Å². The fourth-order valence-electron chi connectivity index (χ4n) is 2.23. The number of aromatic amines is 2. The zero-order chi connectivity index (χ0) is 15.4. The predicted octanol–water partition coefficient (Wildman–Crippen LogP) is 2.60. The summed E-state index contributed by atoms with van der Waals surface area (Å²) in [7, 11) is 0. The van der Waals surface area contributed by atoms with Crippen LogP contribution in [0.25, 0.3) is 11.0 Å². The van der Waals surface area contributed by atoms with Crippen LogP contribution in [0.3, 0.4) is 0 Å². The molecule has 5 nitrogen and oxygen atoms in total. The summed E-state index contributed by atoms with van der Waals surface area (Å²) in [4.78, 5) is 19.8. The Hall–Kier alpha value is -1.73. The van der Waals surface area contributed by atoms with Crippen LogP contribution < -0.4 is 0 Å². The number of nitrogens with one attached hydrogen (secondary N) is 2. The normalized spacial score (nSPS) is 11.0. The molecule has 0 unspecified atom stereocenters. The van der Waals surface area contributed by atoms with Gasteiger partial charge in [0.2, 0.25) is 0 Å². The van der Waals surface area contributed by atoms with Crippen LogP contribution >= 0.6 is 12.2 Å². The Morgan fingerprint density at radius 1 is 1.38 bits per heavy atom. The van der Waals surface area contributed by atoms with E-state index in [1.165, 1.54) is 17.0 Å². The van der Waals surface area contributed by atoms with Gasteiger partial charge >= 0.3 is 0 Å². The van der Waals surface area contributed by atoms with Gasteiger partial charge in [-0.15, -0.1) is 0 Å². The molecule has 1 aromatic heterocycles. The molecule has 0 atom stereocenters. The van der Waals surface area contributed by atoms with Gasteiger partial charge in [0.1, 0.15) is 5.82 Å². The molecule has 0 saturated heterocycles. The maximum absolute atomic E-state index is 13.7. The van der Waals surface area contributed by atoms with Gasteiger partial charge in [-0.05, 0) is 30.8 Å². The lowest BCUT2D eigenvalue weighted by atomic mass is 10.1. The summed E-state index contributed by atoms with van der Waals surface area (Å²) >= 11 is 4.99. The standard InChI is InChI=1S/C14H18FN3O2S/c1-2-3-4-18(5-6-19)13(20)10-7-9(15)8-11-12(10)17-14(21)16-11/h7-8,19H,2-6H2,1H3,(H2,16,17,21). The summed E-state index contributed by atoms with van der Waals surface area (Å²) < 4.78 is 14.0. The van der Waals surface area contributed by atoms with Gasteiger partial charge < -0.3 is 20.0 Å². The Kier molecular flexibility index (Phi) is 5.08. The highest BCUT2D eigenvalue weighted by molar-refractivity contribution is 7.71. The molecule has 0 aliphatic rings. The second-order valence-corrected chi connectivity index (χ2v) is 5.23. The largest absolute Gasteiger partial charge is 0.395 e. The van der Waals surface area contributed by atoms with Crippen LogP contribution in [0.2, 0.25) is 0 Å². The van der Waals surface area contributed by atoms with E-state index in [9.17, 15) is 9.18 Å². The Balaban J connectivity index is 2.42. The number of aromatic nitrogens is 2. The van der Waals surface area contributed by atoms with Crippen molar-refractivity contribution in [3.63, 3.8) is 0 Å². The van der Waals surface area contributed by atoms with E-state index in [1.807, 2.05) is 6.92 Å². The summed E-state index contributed by atoms with van der Waals surface area (Å²) in [5, 5.41) is 9.11. The van der Waals surface area contributed by atoms with Crippen LogP contribution in [0.4, 0.5) is 4.39 Å². The third-order valence-electron chi connectivity index (χ3n) is 3.26. The average Bonchev–Trinajstić information content (AvgIpc) is 2.81. The number of aliphatic hydroxyl groups excluding tert-OH is 1. The Morgan fingerprint density at radius 2 is 2.14 bits per heavy atom. The molecule has 1 aromatic carbocycles. The van der Waals surface area contributed by atoms with E-state index in [-0.39, 0.29) is 24.6 Å². The molecular formula is C14H18FN3O2S. The van der Waals surface area contributed by atoms with E-state index in [1.54, 1.807) is 0 Å². The van der Waals surface area contributed by atoms with Gasteiger partial charge in [-0.2, -0.15) is 0 Å². The number of hydrogen-bond donors (Lipinski definition) is 3. The molecule has 0 fully saturated rings. The second-order valence-electron chi connectivity index (χ2n) is 4.82. The van der Waals surface area contributed by atoms with Crippen LogP contribution in [0.5, 0.6) is 0 Å². The maximum Gasteiger partial charge on any atom is 0.256 e. The van der Waals surface area contributed by atoms with Crippen molar-refractivity contribution in [3.05, 3.63) is 28.3 Å². The van der Waals surface area contributed by atoms with Crippen LogP contribution in [-0.2, 0) is 0 Å². The fourth-order valence-corrected chi connectivity index (χ4v) is 2.44. The zero-order valence-corrected chi connectivity index (χ0v) is 12.6. The van der Waals surface area contributed by atoms with Crippen molar-refractivity contribution in [1.29, 1.82) is 0 Å². The number of aliphatic hydroxyl groups is 1. The summed E-state index contributed by atoms with van der Waals surface area (Å²) in [6, 6.07) is 2.49. The third kappa shape index (κ3) is 3.48. The lowest BCUT2D eigenvalue weighted by Gasteiger charge is -2.21. The molecule has 3 N–H and O–H groups in total. The van der Waals surface area contributed by atoms with Crippen LogP contribution in [0.1, 0.15) is 30.1 Å². The van der Waals surface area contributed by atoms with Crippen LogP contribution in [0.15, 0.2) is 12.1 Å². The number of carbonyl (C=O) groups is 1. The molecule has 2 aromatic rings. The molecule has 0 spiro atoms. The van der Waals surface area contributed by atoms with Gasteiger partial charge in [-0.1, -0.05) is 13.3 Å². The number of hydrogen-bond acceptors (Lipinski definition) is 3. The Labute approximate surface area is 126 Å². The van der Waals surface area contributed by atoms with Crippen molar-refractivity contribution in [2.75, 3.05) is 19.7 Å². The summed E-state index contributed by atoms with van der Waals surface area (Å²) in [5.74, 6) is -0.817. The molecule has 0 aliphatic carbocycles. The number of unbranched alkanes of at least 4 members (excludes halogenated alkanes) is 1. The molecule has 1 amide bonds. The van der Waals surface area contributed by atoms with Gasteiger partial charge in [0.25, 0.3) is 5.91 Å². The predicted molar refractivity (Wildman–Crippen MR) is 81.3 cm³/mol. The van der Waals surface area contributed by atoms with E-state index >= 15 is 0 Å². The van der Waals surface area contributed by atoms with E-state index in [4.69, 9.17) is 17.3 Å². The number of rotatable bonds is 6. The first-order chi connectivity index (χ1) is 10.1. The van der Waals surface area contributed by atoms with Gasteiger partial charge in [0, 0.05) is 13.1 Å². The molecule has 21 heavy (non-hydrogen) atoms.